The number of hydrogen-bond acceptors (Lipinski definition) is 9. The van der Waals surface area contributed by atoms with Gasteiger partial charge >= 0.3 is 5.97 Å². The van der Waals surface area contributed by atoms with Crippen LogP contribution in [0, 0.1) is 24.2 Å². The second-order valence-corrected chi connectivity index (χ2v) is 10.7. The van der Waals surface area contributed by atoms with Gasteiger partial charge in [0.05, 0.1) is 17.4 Å². The molecule has 11 heteroatoms. The topological polar surface area (TPSA) is 105 Å². The van der Waals surface area contributed by atoms with Gasteiger partial charge in [-0.05, 0) is 51.2 Å². The quantitative estimate of drug-likeness (QED) is 0.189. The summed E-state index contributed by atoms with van der Waals surface area (Å²) in [6.07, 6.45) is 4.32. The molecule has 37 heavy (non-hydrogen) atoms. The number of amides is 1. The molecule has 2 fully saturated rings. The van der Waals surface area contributed by atoms with E-state index in [1.54, 1.807) is 36.5 Å². The summed E-state index contributed by atoms with van der Waals surface area (Å²) in [7, 11) is 1.61. The van der Waals surface area contributed by atoms with E-state index >= 15 is 0 Å². The number of thioether (sulfide) groups is 1. The Morgan fingerprint density at radius 1 is 1.24 bits per heavy atom. The number of carbonyl (C=O) groups is 2. The Morgan fingerprint density at radius 3 is 2.54 bits per heavy atom. The van der Waals surface area contributed by atoms with Gasteiger partial charge in [-0.2, -0.15) is 5.26 Å². The molecule has 0 spiro atoms. The molecule has 1 amide bonds. The molecule has 0 N–H and O–H groups in total. The van der Waals surface area contributed by atoms with E-state index in [2.05, 4.69) is 11.0 Å². The maximum Gasteiger partial charge on any atom is 0.309 e. The first-order chi connectivity index (χ1) is 17.8. The summed E-state index contributed by atoms with van der Waals surface area (Å²) in [6.45, 7) is 8.38. The number of nitrogens with zero attached hydrogens (tertiary/aromatic N) is 4. The molecular formula is C26H34N4O5S2. The van der Waals surface area contributed by atoms with E-state index in [9.17, 15) is 19.6 Å². The van der Waals surface area contributed by atoms with Gasteiger partial charge in [0.25, 0.3) is 11.5 Å². The van der Waals surface area contributed by atoms with Gasteiger partial charge in [-0.3, -0.25) is 23.9 Å². The van der Waals surface area contributed by atoms with Gasteiger partial charge in [-0.15, -0.1) is 0 Å². The monoisotopic (exact) mass is 546 g/mol. The molecule has 2 aliphatic heterocycles. The van der Waals surface area contributed by atoms with Crippen LogP contribution in [0.3, 0.4) is 0 Å². The highest BCUT2D eigenvalue weighted by Gasteiger charge is 2.34. The van der Waals surface area contributed by atoms with E-state index < -0.39 is 0 Å². The van der Waals surface area contributed by atoms with Gasteiger partial charge in [-0.25, -0.2) is 0 Å². The second kappa shape index (κ2) is 13.2. The number of rotatable bonds is 10. The largest absolute Gasteiger partial charge is 0.466 e. The molecule has 1 aromatic rings. The minimum absolute atomic E-state index is 0.0698. The number of pyridine rings is 1. The van der Waals surface area contributed by atoms with Crippen molar-refractivity contribution in [1.82, 2.24) is 9.47 Å². The molecule has 2 saturated heterocycles. The average Bonchev–Trinajstić information content (AvgIpc) is 3.15. The predicted molar refractivity (Wildman–Crippen MR) is 148 cm³/mol. The highest BCUT2D eigenvalue weighted by molar-refractivity contribution is 8.26. The molecule has 9 nitrogen and oxygen atoms in total. The van der Waals surface area contributed by atoms with Crippen LogP contribution in [0.2, 0.25) is 0 Å². The van der Waals surface area contributed by atoms with Crippen LogP contribution in [0.4, 0.5) is 5.82 Å². The minimum atomic E-state index is -0.339. The van der Waals surface area contributed by atoms with Crippen LogP contribution >= 0.6 is 24.0 Å². The van der Waals surface area contributed by atoms with Gasteiger partial charge in [0.1, 0.15) is 21.8 Å². The zero-order valence-electron chi connectivity index (χ0n) is 21.9. The number of anilines is 1. The number of esters is 1. The number of thiocarbonyl (C=S) groups is 1. The molecule has 1 aromatic heterocycles. The highest BCUT2D eigenvalue weighted by atomic mass is 32.2. The van der Waals surface area contributed by atoms with Crippen LogP contribution in [0.15, 0.2) is 9.70 Å². The van der Waals surface area contributed by atoms with Crippen molar-refractivity contribution in [2.24, 2.45) is 5.92 Å². The number of piperidine rings is 1. The lowest BCUT2D eigenvalue weighted by atomic mass is 9.95. The summed E-state index contributed by atoms with van der Waals surface area (Å²) in [5, 5.41) is 9.82. The molecule has 0 aliphatic carbocycles. The minimum Gasteiger partial charge on any atom is -0.466 e. The van der Waals surface area contributed by atoms with Crippen molar-refractivity contribution in [1.29, 1.82) is 5.26 Å². The molecule has 2 aliphatic rings. The molecule has 0 unspecified atom stereocenters. The maximum absolute atomic E-state index is 13.3. The van der Waals surface area contributed by atoms with E-state index in [1.165, 1.54) is 11.8 Å². The van der Waals surface area contributed by atoms with Crippen LogP contribution in [0.1, 0.15) is 56.2 Å². The third kappa shape index (κ3) is 6.25. The molecule has 200 valence electrons. The Morgan fingerprint density at radius 2 is 1.95 bits per heavy atom. The van der Waals surface area contributed by atoms with Crippen molar-refractivity contribution in [2.45, 2.75) is 53.0 Å². The molecule has 0 radical (unpaired) electrons. The Labute approximate surface area is 227 Å². The van der Waals surface area contributed by atoms with E-state index in [0.29, 0.717) is 91.2 Å². The first-order valence-electron chi connectivity index (χ1n) is 12.6. The number of nitriles is 1. The van der Waals surface area contributed by atoms with Gasteiger partial charge in [-0.1, -0.05) is 30.9 Å². The smallest absolute Gasteiger partial charge is 0.309 e. The predicted octanol–water partition coefficient (Wildman–Crippen LogP) is 3.46. The number of methoxy groups -OCH3 is 1. The first kappa shape index (κ1) is 28.9. The van der Waals surface area contributed by atoms with Gasteiger partial charge in [0.2, 0.25) is 0 Å². The van der Waals surface area contributed by atoms with Gasteiger partial charge in [0, 0.05) is 45.5 Å². The summed E-state index contributed by atoms with van der Waals surface area (Å²) in [6, 6.07) is 2.07. The fourth-order valence-electron chi connectivity index (χ4n) is 4.69. The SMILES string of the molecule is CCCn1c(N2CCC(C(=O)OCC)CC2)c(/C=C2/SC(=S)N(CCCOC)C2=O)c(C)c(C#N)c1=O. The molecule has 0 aromatic carbocycles. The van der Waals surface area contributed by atoms with Crippen LogP contribution in [-0.2, 0) is 25.6 Å². The van der Waals surface area contributed by atoms with Crippen LogP contribution < -0.4 is 10.5 Å². The highest BCUT2D eigenvalue weighted by Crippen LogP contribution is 2.37. The Balaban J connectivity index is 2.07. The normalized spacial score (nSPS) is 17.5. The van der Waals surface area contributed by atoms with Crippen molar-refractivity contribution in [2.75, 3.05) is 44.9 Å². The standard InChI is InChI=1S/C26H34N4O5S2/c1-5-10-29-22(28-12-8-18(9-13-28)25(33)35-6-2)19(17(3)20(16-27)23(29)31)15-21-24(32)30(26(36)37-21)11-7-14-34-4/h15,18H,5-14H2,1-4H3/b21-15+. The Hall–Kier alpha value is -2.68. The van der Waals surface area contributed by atoms with E-state index in [4.69, 9.17) is 21.7 Å². The van der Waals surface area contributed by atoms with Crippen molar-refractivity contribution in [3.05, 3.63) is 31.9 Å². The van der Waals surface area contributed by atoms with Gasteiger partial charge in [0.15, 0.2) is 0 Å². The first-order valence-corrected chi connectivity index (χ1v) is 13.8. The summed E-state index contributed by atoms with van der Waals surface area (Å²) in [4.78, 5) is 43.0. The van der Waals surface area contributed by atoms with E-state index in [-0.39, 0.29) is 28.9 Å². The van der Waals surface area contributed by atoms with Crippen LogP contribution in [0.5, 0.6) is 0 Å². The Bertz CT molecular complexity index is 1180. The fourth-order valence-corrected chi connectivity index (χ4v) is 5.98. The summed E-state index contributed by atoms with van der Waals surface area (Å²) < 4.78 is 12.4. The molecular weight excluding hydrogens is 512 g/mol. The zero-order valence-corrected chi connectivity index (χ0v) is 23.5. The number of ether oxygens (including phenoxy) is 2. The zero-order chi connectivity index (χ0) is 27.1. The van der Waals surface area contributed by atoms with Crippen LogP contribution in [0.25, 0.3) is 6.08 Å². The number of carbonyl (C=O) groups excluding carboxylic acids is 2. The lowest BCUT2D eigenvalue weighted by Gasteiger charge is -2.35. The van der Waals surface area contributed by atoms with Crippen molar-refractivity contribution >= 4 is 52.1 Å². The molecule has 0 bridgehead atoms. The third-order valence-electron chi connectivity index (χ3n) is 6.59. The second-order valence-electron chi connectivity index (χ2n) is 9.00. The lowest BCUT2D eigenvalue weighted by Crippen LogP contribution is -2.41. The van der Waals surface area contributed by atoms with E-state index in [1.807, 2.05) is 6.92 Å². The molecule has 3 heterocycles. The number of hydrogen-bond donors (Lipinski definition) is 0. The summed E-state index contributed by atoms with van der Waals surface area (Å²) >= 11 is 6.69. The maximum atomic E-state index is 13.3. The molecule has 3 rings (SSSR count). The fraction of sp³-hybridized carbons (Fsp3) is 0.577. The van der Waals surface area contributed by atoms with Crippen LogP contribution in [-0.4, -0.2) is 65.6 Å². The average molecular weight is 547 g/mol. The molecule has 0 saturated carbocycles. The molecule has 0 atom stereocenters. The van der Waals surface area contributed by atoms with Crippen molar-refractivity contribution in [3.8, 4) is 6.07 Å². The summed E-state index contributed by atoms with van der Waals surface area (Å²) in [5.74, 6) is 0.106. The lowest BCUT2D eigenvalue weighted by molar-refractivity contribution is -0.148. The van der Waals surface area contributed by atoms with Gasteiger partial charge < -0.3 is 14.4 Å². The number of aromatic nitrogens is 1. The van der Waals surface area contributed by atoms with Crippen molar-refractivity contribution < 1.29 is 19.1 Å². The van der Waals surface area contributed by atoms with E-state index in [0.717, 1.165) is 0 Å². The third-order valence-corrected chi connectivity index (χ3v) is 7.97. The Kier molecular flexibility index (Phi) is 10.3. The summed E-state index contributed by atoms with van der Waals surface area (Å²) in [5.41, 5.74) is 0.928. The van der Waals surface area contributed by atoms with Crippen molar-refractivity contribution in [3.63, 3.8) is 0 Å².